The van der Waals surface area contributed by atoms with Gasteiger partial charge in [0.1, 0.15) is 5.82 Å². The van der Waals surface area contributed by atoms with Crippen LogP contribution in [0.4, 0.5) is 0 Å². The maximum atomic E-state index is 4.50. The van der Waals surface area contributed by atoms with Gasteiger partial charge in [-0.25, -0.2) is 4.98 Å². The molecule has 0 fully saturated rings. The van der Waals surface area contributed by atoms with Crippen molar-refractivity contribution in [3.8, 4) is 0 Å². The van der Waals surface area contributed by atoms with Gasteiger partial charge in [0.2, 0.25) is 0 Å². The average molecular weight is 174 g/mol. The predicted molar refractivity (Wildman–Crippen MR) is 49.1 cm³/mol. The lowest BCUT2D eigenvalue weighted by Gasteiger charge is -2.06. The van der Waals surface area contributed by atoms with Crippen molar-refractivity contribution in [2.45, 2.75) is 19.6 Å². The van der Waals surface area contributed by atoms with Crippen LogP contribution in [0.25, 0.3) is 11.0 Å². The highest BCUT2D eigenvalue weighted by Gasteiger charge is 2.20. The molecule has 13 heavy (non-hydrogen) atoms. The summed E-state index contributed by atoms with van der Waals surface area (Å²) in [5.41, 5.74) is 2.16. The summed E-state index contributed by atoms with van der Waals surface area (Å²) < 4.78 is 2.20. The first kappa shape index (κ1) is 7.03. The molecule has 0 aromatic carbocycles. The van der Waals surface area contributed by atoms with Crippen LogP contribution in [0.3, 0.4) is 0 Å². The van der Waals surface area contributed by atoms with Gasteiger partial charge >= 0.3 is 0 Å². The van der Waals surface area contributed by atoms with Gasteiger partial charge in [-0.05, 0) is 13.0 Å². The zero-order valence-electron chi connectivity index (χ0n) is 7.36. The third kappa shape index (κ3) is 0.833. The fourth-order valence-corrected chi connectivity index (χ4v) is 1.88. The molecular weight excluding hydrogens is 164 g/mol. The van der Waals surface area contributed by atoms with Crippen molar-refractivity contribution in [2.75, 3.05) is 0 Å². The molecule has 0 radical (unpaired) electrons. The van der Waals surface area contributed by atoms with Crippen molar-refractivity contribution in [2.24, 2.45) is 0 Å². The molecule has 1 N–H and O–H groups in total. The van der Waals surface area contributed by atoms with Gasteiger partial charge in [0.25, 0.3) is 0 Å². The molecule has 3 heterocycles. The SMILES string of the molecule is CC1NCc2nc3ccncc3n21. The Morgan fingerprint density at radius 2 is 2.54 bits per heavy atom. The zero-order valence-corrected chi connectivity index (χ0v) is 7.36. The van der Waals surface area contributed by atoms with Gasteiger partial charge in [-0.2, -0.15) is 0 Å². The largest absolute Gasteiger partial charge is 0.310 e. The maximum absolute atomic E-state index is 4.50. The highest BCUT2D eigenvalue weighted by atomic mass is 15.3. The number of aromatic nitrogens is 3. The van der Waals surface area contributed by atoms with E-state index < -0.39 is 0 Å². The van der Waals surface area contributed by atoms with Crippen LogP contribution < -0.4 is 5.32 Å². The van der Waals surface area contributed by atoms with Crippen LogP contribution in [0.15, 0.2) is 18.5 Å². The number of nitrogens with zero attached hydrogens (tertiary/aromatic N) is 3. The van der Waals surface area contributed by atoms with Crippen molar-refractivity contribution in [3.63, 3.8) is 0 Å². The second-order valence-electron chi connectivity index (χ2n) is 3.32. The van der Waals surface area contributed by atoms with Gasteiger partial charge in [-0.1, -0.05) is 0 Å². The van der Waals surface area contributed by atoms with Crippen LogP contribution >= 0.6 is 0 Å². The van der Waals surface area contributed by atoms with E-state index in [9.17, 15) is 0 Å². The Balaban J connectivity index is 2.40. The van der Waals surface area contributed by atoms with E-state index in [1.54, 1.807) is 6.20 Å². The monoisotopic (exact) mass is 174 g/mol. The summed E-state index contributed by atoms with van der Waals surface area (Å²) in [4.78, 5) is 8.61. The molecule has 1 unspecified atom stereocenters. The molecule has 0 spiro atoms. The number of pyridine rings is 1. The lowest BCUT2D eigenvalue weighted by molar-refractivity contribution is 0.522. The lowest BCUT2D eigenvalue weighted by Crippen LogP contribution is -2.12. The average Bonchev–Trinajstić information content (AvgIpc) is 2.66. The van der Waals surface area contributed by atoms with Crippen molar-refractivity contribution in [3.05, 3.63) is 24.3 Å². The third-order valence-electron chi connectivity index (χ3n) is 2.51. The van der Waals surface area contributed by atoms with Crippen LogP contribution in [0.5, 0.6) is 0 Å². The minimum absolute atomic E-state index is 0.337. The number of fused-ring (bicyclic) bond motifs is 3. The summed E-state index contributed by atoms with van der Waals surface area (Å²) in [6, 6.07) is 1.95. The van der Waals surface area contributed by atoms with E-state index in [2.05, 4.69) is 26.8 Å². The first-order valence-corrected chi connectivity index (χ1v) is 4.40. The fourth-order valence-electron chi connectivity index (χ4n) is 1.88. The molecule has 66 valence electrons. The van der Waals surface area contributed by atoms with Gasteiger partial charge in [-0.15, -0.1) is 0 Å². The van der Waals surface area contributed by atoms with Gasteiger partial charge in [0.15, 0.2) is 0 Å². The number of imidazole rings is 1. The standard InChI is InChI=1S/C9H10N4/c1-6-11-5-9-12-7-2-3-10-4-8(7)13(6)9/h2-4,6,11H,5H2,1H3. The van der Waals surface area contributed by atoms with Gasteiger partial charge in [0.05, 0.1) is 29.9 Å². The van der Waals surface area contributed by atoms with E-state index in [0.29, 0.717) is 6.17 Å². The minimum Gasteiger partial charge on any atom is -0.310 e. The van der Waals surface area contributed by atoms with Crippen molar-refractivity contribution >= 4 is 11.0 Å². The molecule has 0 saturated heterocycles. The molecular formula is C9H10N4. The Morgan fingerprint density at radius 1 is 1.62 bits per heavy atom. The number of hydrogen-bond acceptors (Lipinski definition) is 3. The highest BCUT2D eigenvalue weighted by molar-refractivity contribution is 5.75. The second-order valence-corrected chi connectivity index (χ2v) is 3.32. The third-order valence-corrected chi connectivity index (χ3v) is 2.51. The van der Waals surface area contributed by atoms with Crippen LogP contribution in [0, 0.1) is 0 Å². The lowest BCUT2D eigenvalue weighted by atomic mass is 10.4. The summed E-state index contributed by atoms with van der Waals surface area (Å²) in [5.74, 6) is 1.11. The van der Waals surface area contributed by atoms with E-state index in [1.165, 1.54) is 0 Å². The minimum atomic E-state index is 0.337. The molecule has 1 aliphatic heterocycles. The van der Waals surface area contributed by atoms with Crippen molar-refractivity contribution < 1.29 is 0 Å². The highest BCUT2D eigenvalue weighted by Crippen LogP contribution is 2.23. The summed E-state index contributed by atoms with van der Waals surface area (Å²) in [6.07, 6.45) is 3.99. The first-order valence-electron chi connectivity index (χ1n) is 4.40. The maximum Gasteiger partial charge on any atom is 0.125 e. The van der Waals surface area contributed by atoms with E-state index in [0.717, 1.165) is 23.4 Å². The first-order chi connectivity index (χ1) is 6.36. The van der Waals surface area contributed by atoms with Crippen LogP contribution in [-0.2, 0) is 6.54 Å². The van der Waals surface area contributed by atoms with Crippen molar-refractivity contribution in [1.82, 2.24) is 19.9 Å². The molecule has 0 saturated carbocycles. The molecule has 2 aromatic heterocycles. The van der Waals surface area contributed by atoms with E-state index in [4.69, 9.17) is 0 Å². The van der Waals surface area contributed by atoms with Gasteiger partial charge < -0.3 is 4.57 Å². The molecule has 0 bridgehead atoms. The quantitative estimate of drug-likeness (QED) is 0.649. The Morgan fingerprint density at radius 3 is 3.46 bits per heavy atom. The fraction of sp³-hybridized carbons (Fsp3) is 0.333. The predicted octanol–water partition coefficient (Wildman–Crippen LogP) is 1.05. The number of nitrogens with one attached hydrogen (secondary N) is 1. The second kappa shape index (κ2) is 2.29. The Hall–Kier alpha value is -1.42. The smallest absolute Gasteiger partial charge is 0.125 e. The topological polar surface area (TPSA) is 42.7 Å². The molecule has 0 amide bonds. The normalized spacial score (nSPS) is 20.8. The van der Waals surface area contributed by atoms with E-state index in [1.807, 2.05) is 12.3 Å². The van der Waals surface area contributed by atoms with Gasteiger partial charge in [0, 0.05) is 6.20 Å². The number of rotatable bonds is 0. The Labute approximate surface area is 75.6 Å². The van der Waals surface area contributed by atoms with Crippen molar-refractivity contribution in [1.29, 1.82) is 0 Å². The van der Waals surface area contributed by atoms with Crippen LogP contribution in [-0.4, -0.2) is 14.5 Å². The summed E-state index contributed by atoms with van der Waals surface area (Å²) in [7, 11) is 0. The van der Waals surface area contributed by atoms with E-state index >= 15 is 0 Å². The molecule has 4 nitrogen and oxygen atoms in total. The number of hydrogen-bond donors (Lipinski definition) is 1. The Bertz CT molecular complexity index is 460. The summed E-state index contributed by atoms with van der Waals surface area (Å²) in [5, 5.41) is 3.33. The Kier molecular flexibility index (Phi) is 1.24. The van der Waals surface area contributed by atoms with E-state index in [-0.39, 0.29) is 0 Å². The molecule has 0 aliphatic carbocycles. The van der Waals surface area contributed by atoms with Crippen LogP contribution in [0.2, 0.25) is 0 Å². The zero-order chi connectivity index (χ0) is 8.84. The summed E-state index contributed by atoms with van der Waals surface area (Å²) >= 11 is 0. The molecule has 3 rings (SSSR count). The molecule has 1 aliphatic rings. The summed E-state index contributed by atoms with van der Waals surface area (Å²) in [6.45, 7) is 2.99. The molecule has 1 atom stereocenters. The molecule has 4 heteroatoms. The van der Waals surface area contributed by atoms with Gasteiger partial charge in [-0.3, -0.25) is 10.3 Å². The molecule has 2 aromatic rings. The van der Waals surface area contributed by atoms with Crippen LogP contribution in [0.1, 0.15) is 18.9 Å².